The van der Waals surface area contributed by atoms with Crippen molar-refractivity contribution in [1.82, 2.24) is 15.0 Å². The van der Waals surface area contributed by atoms with Gasteiger partial charge in [-0.05, 0) is 49.2 Å². The molecule has 2 heterocycles. The first-order valence-corrected chi connectivity index (χ1v) is 8.86. The summed E-state index contributed by atoms with van der Waals surface area (Å²) in [4.78, 5) is 18.4. The minimum absolute atomic E-state index is 0.160. The smallest absolute Gasteiger partial charge is 0.253 e. The van der Waals surface area contributed by atoms with Crippen LogP contribution in [0.1, 0.15) is 35.0 Å². The van der Waals surface area contributed by atoms with Gasteiger partial charge in [-0.3, -0.25) is 4.79 Å². The largest absolute Gasteiger partial charge is 0.339 e. The zero-order valence-corrected chi connectivity index (χ0v) is 14.7. The van der Waals surface area contributed by atoms with Crippen molar-refractivity contribution in [2.75, 3.05) is 13.1 Å². The molecule has 1 aliphatic rings. The van der Waals surface area contributed by atoms with Gasteiger partial charge in [0, 0.05) is 18.7 Å². The highest BCUT2D eigenvalue weighted by molar-refractivity contribution is 5.94. The Balaban J connectivity index is 1.53. The van der Waals surface area contributed by atoms with Crippen LogP contribution in [0.2, 0.25) is 0 Å². The number of carbonyl (C=O) groups excluding carboxylic acids is 1. The highest BCUT2D eigenvalue weighted by atomic mass is 19.1. The molecule has 2 aromatic carbocycles. The summed E-state index contributed by atoms with van der Waals surface area (Å²) in [6, 6.07) is 8.86. The summed E-state index contributed by atoms with van der Waals surface area (Å²) in [5.74, 6) is -2.35. The van der Waals surface area contributed by atoms with Crippen LogP contribution in [0.3, 0.4) is 0 Å². The monoisotopic (exact) mass is 387 g/mol. The zero-order valence-electron chi connectivity index (χ0n) is 14.7. The molecule has 0 saturated carbocycles. The van der Waals surface area contributed by atoms with Crippen molar-refractivity contribution in [3.63, 3.8) is 0 Å². The summed E-state index contributed by atoms with van der Waals surface area (Å²) < 4.78 is 46.2. The van der Waals surface area contributed by atoms with E-state index in [1.807, 2.05) is 0 Å². The first-order chi connectivity index (χ1) is 13.5. The fourth-order valence-corrected chi connectivity index (χ4v) is 3.35. The Bertz CT molecular complexity index is 984. The number of halogens is 3. The van der Waals surface area contributed by atoms with Crippen molar-refractivity contribution in [3.05, 3.63) is 71.4 Å². The zero-order chi connectivity index (χ0) is 19.7. The SMILES string of the molecule is O=C(c1ccc(F)cc1)N1CCCC(c2nc(-c3c(F)cccc3F)no2)C1. The Hall–Kier alpha value is -3.16. The molecule has 0 bridgehead atoms. The van der Waals surface area contributed by atoms with Gasteiger partial charge in [-0.2, -0.15) is 4.98 Å². The Kier molecular flexibility index (Phi) is 4.85. The Morgan fingerprint density at radius 2 is 1.79 bits per heavy atom. The number of amides is 1. The van der Waals surface area contributed by atoms with Crippen LogP contribution in [0.25, 0.3) is 11.4 Å². The van der Waals surface area contributed by atoms with Crippen molar-refractivity contribution in [2.45, 2.75) is 18.8 Å². The molecule has 0 radical (unpaired) electrons. The minimum atomic E-state index is -0.774. The molecular formula is C20H16F3N3O2. The lowest BCUT2D eigenvalue weighted by Gasteiger charge is -2.31. The average molecular weight is 387 g/mol. The lowest BCUT2D eigenvalue weighted by molar-refractivity contribution is 0.0695. The van der Waals surface area contributed by atoms with Crippen molar-refractivity contribution in [1.29, 1.82) is 0 Å². The van der Waals surface area contributed by atoms with E-state index < -0.39 is 17.5 Å². The van der Waals surface area contributed by atoms with E-state index in [9.17, 15) is 18.0 Å². The molecule has 1 fully saturated rings. The van der Waals surface area contributed by atoms with Crippen LogP contribution in [-0.2, 0) is 0 Å². The van der Waals surface area contributed by atoms with E-state index in [1.165, 1.54) is 30.3 Å². The van der Waals surface area contributed by atoms with Crippen LogP contribution in [0, 0.1) is 17.5 Å². The predicted molar refractivity (Wildman–Crippen MR) is 93.9 cm³/mol. The number of likely N-dealkylation sites (tertiary alicyclic amines) is 1. The van der Waals surface area contributed by atoms with Crippen LogP contribution < -0.4 is 0 Å². The molecule has 4 rings (SSSR count). The molecule has 0 N–H and O–H groups in total. The van der Waals surface area contributed by atoms with Crippen molar-refractivity contribution >= 4 is 5.91 Å². The molecule has 3 aromatic rings. The molecule has 1 aromatic heterocycles. The topological polar surface area (TPSA) is 59.2 Å². The fraction of sp³-hybridized carbons (Fsp3) is 0.250. The second-order valence-corrected chi connectivity index (χ2v) is 6.65. The van der Waals surface area contributed by atoms with Crippen LogP contribution in [0.15, 0.2) is 47.0 Å². The molecule has 1 aliphatic heterocycles. The number of nitrogens with zero attached hydrogens (tertiary/aromatic N) is 3. The standard InChI is InChI=1S/C20H16F3N3O2/c21-14-8-6-12(7-9-14)20(27)26-10-2-3-13(11-26)19-24-18(25-28-19)17-15(22)4-1-5-16(17)23/h1,4-9,13H,2-3,10-11H2. The Labute approximate surface area is 158 Å². The predicted octanol–water partition coefficient (Wildman–Crippen LogP) is 4.17. The van der Waals surface area contributed by atoms with Gasteiger partial charge in [-0.15, -0.1) is 0 Å². The van der Waals surface area contributed by atoms with Gasteiger partial charge in [0.1, 0.15) is 17.5 Å². The molecule has 1 saturated heterocycles. The summed E-state index contributed by atoms with van der Waals surface area (Å²) >= 11 is 0. The van der Waals surface area contributed by atoms with E-state index in [0.717, 1.165) is 12.1 Å². The molecule has 144 valence electrons. The first-order valence-electron chi connectivity index (χ1n) is 8.86. The first kappa shape index (κ1) is 18.2. The van der Waals surface area contributed by atoms with Crippen molar-refractivity contribution < 1.29 is 22.5 Å². The van der Waals surface area contributed by atoms with Gasteiger partial charge >= 0.3 is 0 Å². The van der Waals surface area contributed by atoms with Gasteiger partial charge in [0.25, 0.3) is 5.91 Å². The van der Waals surface area contributed by atoms with Gasteiger partial charge in [0.05, 0.1) is 11.5 Å². The second kappa shape index (κ2) is 7.46. The third-order valence-corrected chi connectivity index (χ3v) is 4.78. The maximum absolute atomic E-state index is 13.9. The molecule has 1 unspecified atom stereocenters. The van der Waals surface area contributed by atoms with E-state index >= 15 is 0 Å². The van der Waals surface area contributed by atoms with E-state index in [1.54, 1.807) is 4.90 Å². The molecular weight excluding hydrogens is 371 g/mol. The lowest BCUT2D eigenvalue weighted by Crippen LogP contribution is -2.39. The maximum atomic E-state index is 13.9. The van der Waals surface area contributed by atoms with E-state index in [4.69, 9.17) is 4.52 Å². The normalized spacial score (nSPS) is 17.0. The number of hydrogen-bond acceptors (Lipinski definition) is 4. The third-order valence-electron chi connectivity index (χ3n) is 4.78. The average Bonchev–Trinajstić information content (AvgIpc) is 3.18. The summed E-state index contributed by atoms with van der Waals surface area (Å²) in [7, 11) is 0. The summed E-state index contributed by atoms with van der Waals surface area (Å²) in [5, 5.41) is 3.71. The summed E-state index contributed by atoms with van der Waals surface area (Å²) in [6.07, 6.45) is 1.41. The molecule has 0 spiro atoms. The highest BCUT2D eigenvalue weighted by Gasteiger charge is 2.30. The molecule has 1 atom stereocenters. The minimum Gasteiger partial charge on any atom is -0.339 e. The van der Waals surface area contributed by atoms with Gasteiger partial charge in [-0.25, -0.2) is 13.2 Å². The quantitative estimate of drug-likeness (QED) is 0.677. The van der Waals surface area contributed by atoms with Gasteiger partial charge in [0.15, 0.2) is 0 Å². The number of rotatable bonds is 3. The molecule has 0 aliphatic carbocycles. The Morgan fingerprint density at radius 3 is 2.50 bits per heavy atom. The maximum Gasteiger partial charge on any atom is 0.253 e. The van der Waals surface area contributed by atoms with Crippen LogP contribution >= 0.6 is 0 Å². The van der Waals surface area contributed by atoms with Crippen LogP contribution in [0.4, 0.5) is 13.2 Å². The van der Waals surface area contributed by atoms with E-state index in [2.05, 4.69) is 10.1 Å². The van der Waals surface area contributed by atoms with Gasteiger partial charge in [0.2, 0.25) is 11.7 Å². The van der Waals surface area contributed by atoms with Crippen LogP contribution in [0.5, 0.6) is 0 Å². The number of benzene rings is 2. The number of piperidine rings is 1. The third kappa shape index (κ3) is 3.49. The van der Waals surface area contributed by atoms with Gasteiger partial charge < -0.3 is 9.42 Å². The molecule has 1 amide bonds. The Morgan fingerprint density at radius 1 is 1.07 bits per heavy atom. The highest BCUT2D eigenvalue weighted by Crippen LogP contribution is 2.30. The molecule has 5 nitrogen and oxygen atoms in total. The second-order valence-electron chi connectivity index (χ2n) is 6.65. The van der Waals surface area contributed by atoms with Crippen LogP contribution in [-0.4, -0.2) is 34.0 Å². The summed E-state index contributed by atoms with van der Waals surface area (Å²) in [5.41, 5.74) is 0.0502. The molecule has 28 heavy (non-hydrogen) atoms. The number of hydrogen-bond donors (Lipinski definition) is 0. The number of carbonyl (C=O) groups is 1. The fourth-order valence-electron chi connectivity index (χ4n) is 3.35. The summed E-state index contributed by atoms with van der Waals surface area (Å²) in [6.45, 7) is 0.882. The van der Waals surface area contributed by atoms with Gasteiger partial charge in [-0.1, -0.05) is 11.2 Å². The van der Waals surface area contributed by atoms with E-state index in [-0.39, 0.29) is 29.1 Å². The van der Waals surface area contributed by atoms with Crippen molar-refractivity contribution in [2.24, 2.45) is 0 Å². The lowest BCUT2D eigenvalue weighted by atomic mass is 9.97. The van der Waals surface area contributed by atoms with Crippen molar-refractivity contribution in [3.8, 4) is 11.4 Å². The van der Waals surface area contributed by atoms with E-state index in [0.29, 0.717) is 31.5 Å². The number of aromatic nitrogens is 2. The molecule has 8 heteroatoms.